The van der Waals surface area contributed by atoms with E-state index in [4.69, 9.17) is 11.6 Å². The largest absolute Gasteiger partial charge is 0.308 e. The number of thiazole rings is 1. The van der Waals surface area contributed by atoms with Crippen molar-refractivity contribution in [3.63, 3.8) is 0 Å². The van der Waals surface area contributed by atoms with Crippen LogP contribution in [-0.2, 0) is 6.54 Å². The van der Waals surface area contributed by atoms with Gasteiger partial charge in [0.15, 0.2) is 0 Å². The van der Waals surface area contributed by atoms with E-state index in [0.29, 0.717) is 5.02 Å². The number of benzene rings is 1. The van der Waals surface area contributed by atoms with Crippen LogP contribution >= 0.6 is 22.9 Å². The van der Waals surface area contributed by atoms with Crippen LogP contribution in [0.5, 0.6) is 0 Å². The quantitative estimate of drug-likeness (QED) is 0.865. The van der Waals surface area contributed by atoms with Gasteiger partial charge in [0.2, 0.25) is 0 Å². The highest BCUT2D eigenvalue weighted by atomic mass is 35.5. The van der Waals surface area contributed by atoms with E-state index in [9.17, 15) is 4.79 Å². The molecule has 0 aliphatic carbocycles. The summed E-state index contributed by atoms with van der Waals surface area (Å²) in [7, 11) is 0. The van der Waals surface area contributed by atoms with Crippen LogP contribution in [0.15, 0.2) is 23.0 Å². The molecule has 5 heteroatoms. The molecule has 3 rings (SSSR count). The summed E-state index contributed by atoms with van der Waals surface area (Å²) in [5.74, 6) is 0. The molecule has 1 saturated heterocycles. The van der Waals surface area contributed by atoms with Crippen LogP contribution in [0, 0.1) is 0 Å². The minimum absolute atomic E-state index is 0.122. The Morgan fingerprint density at radius 3 is 2.60 bits per heavy atom. The van der Waals surface area contributed by atoms with Crippen LogP contribution in [-0.4, -0.2) is 29.1 Å². The summed E-state index contributed by atoms with van der Waals surface area (Å²) in [6.07, 6.45) is 5.25. The van der Waals surface area contributed by atoms with Gasteiger partial charge < -0.3 is 4.90 Å². The number of likely N-dealkylation sites (tertiary alicyclic amines) is 1. The maximum absolute atomic E-state index is 12.1. The summed E-state index contributed by atoms with van der Waals surface area (Å²) in [6, 6.07) is 5.68. The minimum Gasteiger partial charge on any atom is -0.302 e. The van der Waals surface area contributed by atoms with Crippen LogP contribution in [0.1, 0.15) is 25.7 Å². The van der Waals surface area contributed by atoms with Crippen molar-refractivity contribution in [3.05, 3.63) is 32.9 Å². The zero-order valence-electron chi connectivity index (χ0n) is 11.5. The first-order chi connectivity index (χ1) is 9.74. The van der Waals surface area contributed by atoms with Crippen molar-refractivity contribution in [2.75, 3.05) is 19.6 Å². The van der Waals surface area contributed by atoms with Crippen LogP contribution in [0.2, 0.25) is 5.02 Å². The standard InChI is InChI=1S/C15H19ClN2OS/c16-12-5-6-14-13(11-12)18(15(19)20-14)10-9-17-7-3-1-2-4-8-17/h5-6,11H,1-4,7-10H2. The van der Waals surface area contributed by atoms with E-state index < -0.39 is 0 Å². The minimum atomic E-state index is 0.122. The van der Waals surface area contributed by atoms with E-state index >= 15 is 0 Å². The Bertz CT molecular complexity index is 641. The highest BCUT2D eigenvalue weighted by Crippen LogP contribution is 2.21. The Morgan fingerprint density at radius 2 is 1.85 bits per heavy atom. The molecule has 108 valence electrons. The average molecular weight is 311 g/mol. The van der Waals surface area contributed by atoms with Gasteiger partial charge in [-0.1, -0.05) is 35.8 Å². The van der Waals surface area contributed by atoms with Gasteiger partial charge in [-0.05, 0) is 44.1 Å². The lowest BCUT2D eigenvalue weighted by molar-refractivity contribution is 0.274. The average Bonchev–Trinajstić information content (AvgIpc) is 2.63. The molecule has 0 amide bonds. The molecule has 20 heavy (non-hydrogen) atoms. The molecule has 0 bridgehead atoms. The van der Waals surface area contributed by atoms with Crippen LogP contribution in [0.3, 0.4) is 0 Å². The summed E-state index contributed by atoms with van der Waals surface area (Å²) in [5.41, 5.74) is 0.974. The fourth-order valence-corrected chi connectivity index (χ4v) is 3.91. The summed E-state index contributed by atoms with van der Waals surface area (Å²) >= 11 is 7.36. The molecule has 3 nitrogen and oxygen atoms in total. The molecule has 1 fully saturated rings. The van der Waals surface area contributed by atoms with Crippen molar-refractivity contribution in [3.8, 4) is 0 Å². The highest BCUT2D eigenvalue weighted by Gasteiger charge is 2.12. The molecule has 0 unspecified atom stereocenters. The molecular weight excluding hydrogens is 292 g/mol. The van der Waals surface area contributed by atoms with Gasteiger partial charge in [-0.2, -0.15) is 0 Å². The Kier molecular flexibility index (Phi) is 4.44. The molecule has 2 aromatic rings. The molecule has 1 aliphatic rings. The van der Waals surface area contributed by atoms with Gasteiger partial charge in [0.1, 0.15) is 0 Å². The van der Waals surface area contributed by atoms with E-state index in [-0.39, 0.29) is 4.87 Å². The topological polar surface area (TPSA) is 25.2 Å². The Morgan fingerprint density at radius 1 is 1.10 bits per heavy atom. The van der Waals surface area contributed by atoms with E-state index in [1.165, 1.54) is 37.0 Å². The van der Waals surface area contributed by atoms with E-state index in [1.54, 1.807) is 0 Å². The van der Waals surface area contributed by atoms with Crippen molar-refractivity contribution >= 4 is 33.2 Å². The van der Waals surface area contributed by atoms with Crippen LogP contribution < -0.4 is 4.87 Å². The number of fused-ring (bicyclic) bond motifs is 1. The first kappa shape index (κ1) is 14.1. The second-order valence-electron chi connectivity index (χ2n) is 5.39. The molecule has 2 heterocycles. The molecule has 0 spiro atoms. The highest BCUT2D eigenvalue weighted by molar-refractivity contribution is 7.16. The lowest BCUT2D eigenvalue weighted by atomic mass is 10.2. The first-order valence-corrected chi connectivity index (χ1v) is 8.45. The van der Waals surface area contributed by atoms with Crippen LogP contribution in [0.25, 0.3) is 10.2 Å². The van der Waals surface area contributed by atoms with Gasteiger partial charge in [-0.3, -0.25) is 9.36 Å². The van der Waals surface area contributed by atoms with Gasteiger partial charge in [0.25, 0.3) is 0 Å². The van der Waals surface area contributed by atoms with Gasteiger partial charge in [0, 0.05) is 18.1 Å². The Hall–Kier alpha value is -0.840. The summed E-state index contributed by atoms with van der Waals surface area (Å²) in [4.78, 5) is 14.7. The lowest BCUT2D eigenvalue weighted by Gasteiger charge is -2.19. The maximum Gasteiger partial charge on any atom is 0.308 e. The summed E-state index contributed by atoms with van der Waals surface area (Å²) in [6.45, 7) is 4.05. The van der Waals surface area contributed by atoms with Crippen molar-refractivity contribution in [1.82, 2.24) is 9.47 Å². The second-order valence-corrected chi connectivity index (χ2v) is 6.82. The summed E-state index contributed by atoms with van der Waals surface area (Å²) < 4.78 is 2.90. The van der Waals surface area contributed by atoms with E-state index in [1.807, 2.05) is 22.8 Å². The van der Waals surface area contributed by atoms with Gasteiger partial charge in [-0.15, -0.1) is 0 Å². The van der Waals surface area contributed by atoms with E-state index in [0.717, 1.165) is 36.4 Å². The first-order valence-electron chi connectivity index (χ1n) is 7.25. The van der Waals surface area contributed by atoms with Crippen molar-refractivity contribution in [1.29, 1.82) is 0 Å². The summed E-state index contributed by atoms with van der Waals surface area (Å²) in [5, 5.41) is 0.693. The maximum atomic E-state index is 12.1. The molecule has 1 aliphatic heterocycles. The van der Waals surface area contributed by atoms with Gasteiger partial charge in [0.05, 0.1) is 10.2 Å². The third kappa shape index (κ3) is 3.08. The number of hydrogen-bond acceptors (Lipinski definition) is 3. The molecule has 1 aromatic heterocycles. The number of aromatic nitrogens is 1. The van der Waals surface area contributed by atoms with E-state index in [2.05, 4.69) is 4.90 Å². The number of rotatable bonds is 3. The number of hydrogen-bond donors (Lipinski definition) is 0. The number of nitrogens with zero attached hydrogens (tertiary/aromatic N) is 2. The zero-order chi connectivity index (χ0) is 13.9. The van der Waals surface area contributed by atoms with Gasteiger partial charge >= 0.3 is 4.87 Å². The molecule has 0 N–H and O–H groups in total. The molecule has 0 radical (unpaired) electrons. The van der Waals surface area contributed by atoms with Crippen molar-refractivity contribution in [2.45, 2.75) is 32.2 Å². The molecular formula is C15H19ClN2OS. The van der Waals surface area contributed by atoms with Crippen molar-refractivity contribution in [2.24, 2.45) is 0 Å². The van der Waals surface area contributed by atoms with Crippen LogP contribution in [0.4, 0.5) is 0 Å². The normalized spacial score (nSPS) is 17.4. The Balaban J connectivity index is 1.78. The Labute approximate surface area is 127 Å². The van der Waals surface area contributed by atoms with Crippen molar-refractivity contribution < 1.29 is 0 Å². The predicted octanol–water partition coefficient (Wildman–Crippen LogP) is 3.59. The monoisotopic (exact) mass is 310 g/mol. The fraction of sp³-hybridized carbons (Fsp3) is 0.533. The van der Waals surface area contributed by atoms with Gasteiger partial charge in [-0.25, -0.2) is 0 Å². The molecule has 0 saturated carbocycles. The third-order valence-electron chi connectivity index (χ3n) is 3.97. The zero-order valence-corrected chi connectivity index (χ0v) is 13.1. The fourth-order valence-electron chi connectivity index (χ4n) is 2.85. The second kappa shape index (κ2) is 6.29. The molecule has 0 atom stereocenters. The SMILES string of the molecule is O=c1sc2ccc(Cl)cc2n1CCN1CCCCCC1. The third-order valence-corrected chi connectivity index (χ3v) is 5.16. The smallest absolute Gasteiger partial charge is 0.302 e. The lowest BCUT2D eigenvalue weighted by Crippen LogP contribution is -2.30. The predicted molar refractivity (Wildman–Crippen MR) is 86.0 cm³/mol. The molecule has 1 aromatic carbocycles. The number of halogens is 1.